The maximum atomic E-state index is 12.3. The van der Waals surface area contributed by atoms with Crippen LogP contribution in [-0.2, 0) is 14.8 Å². The lowest BCUT2D eigenvalue weighted by molar-refractivity contribution is -0.119. The molecule has 0 fully saturated rings. The van der Waals surface area contributed by atoms with Gasteiger partial charge in [0.05, 0.1) is 4.90 Å². The second-order valence-corrected chi connectivity index (χ2v) is 8.98. The summed E-state index contributed by atoms with van der Waals surface area (Å²) in [5.41, 5.74) is 2.02. The van der Waals surface area contributed by atoms with E-state index in [4.69, 9.17) is 0 Å². The van der Waals surface area contributed by atoms with Crippen molar-refractivity contribution in [2.24, 2.45) is 5.92 Å². The van der Waals surface area contributed by atoms with Crippen LogP contribution in [-0.4, -0.2) is 24.5 Å². The lowest BCUT2D eigenvalue weighted by atomic mass is 10.0. The van der Waals surface area contributed by atoms with Crippen LogP contribution in [0.1, 0.15) is 52.4 Å². The maximum Gasteiger partial charge on any atom is 0.263 e. The van der Waals surface area contributed by atoms with Crippen LogP contribution >= 0.6 is 11.3 Å². The number of benzene rings is 1. The first-order chi connectivity index (χ1) is 12.9. The van der Waals surface area contributed by atoms with Gasteiger partial charge in [-0.1, -0.05) is 57.3 Å². The third-order valence-electron chi connectivity index (χ3n) is 4.20. The summed E-state index contributed by atoms with van der Waals surface area (Å²) >= 11 is 1.10. The van der Waals surface area contributed by atoms with Gasteiger partial charge in [-0.2, -0.15) is 0 Å². The number of carbonyl (C=O) groups is 1. The van der Waals surface area contributed by atoms with Crippen molar-refractivity contribution in [1.29, 1.82) is 0 Å². The highest BCUT2D eigenvalue weighted by Gasteiger charge is 2.17. The zero-order chi connectivity index (χ0) is 19.7. The van der Waals surface area contributed by atoms with Crippen LogP contribution in [0.3, 0.4) is 0 Å². The second kappa shape index (κ2) is 10.4. The maximum absolute atomic E-state index is 12.3. The molecule has 0 saturated carbocycles. The standard InChI is InChI=1S/C18H26N4O3S2/c1-3-4-5-6-7-8-14(2)17(23)20-15-9-11-16(12-10-15)27(24,25)22-18-21-19-13-26-18/h9-14H,3-8H2,1-2H3,(H,20,23)(H,21,22). The van der Waals surface area contributed by atoms with E-state index in [1.165, 1.54) is 36.9 Å². The van der Waals surface area contributed by atoms with Crippen LogP contribution in [0, 0.1) is 5.92 Å². The zero-order valence-corrected chi connectivity index (χ0v) is 17.3. The fraction of sp³-hybridized carbons (Fsp3) is 0.500. The van der Waals surface area contributed by atoms with Crippen LogP contribution in [0.2, 0.25) is 0 Å². The Morgan fingerprint density at radius 2 is 1.85 bits per heavy atom. The number of nitrogens with one attached hydrogen (secondary N) is 2. The van der Waals surface area contributed by atoms with E-state index in [1.54, 1.807) is 12.1 Å². The molecule has 0 radical (unpaired) electrons. The number of hydrogen-bond donors (Lipinski definition) is 2. The molecule has 7 nitrogen and oxygen atoms in total. The number of aromatic nitrogens is 2. The first-order valence-corrected chi connectivity index (χ1v) is 11.5. The Labute approximate surface area is 164 Å². The normalized spacial score (nSPS) is 12.5. The molecule has 1 amide bonds. The van der Waals surface area contributed by atoms with Gasteiger partial charge in [-0.25, -0.2) is 8.42 Å². The van der Waals surface area contributed by atoms with Gasteiger partial charge < -0.3 is 5.32 Å². The largest absolute Gasteiger partial charge is 0.326 e. The van der Waals surface area contributed by atoms with Gasteiger partial charge in [-0.05, 0) is 30.7 Å². The number of nitrogens with zero attached hydrogens (tertiary/aromatic N) is 2. The minimum atomic E-state index is -3.72. The molecule has 1 aromatic carbocycles. The van der Waals surface area contributed by atoms with Crippen LogP contribution in [0.5, 0.6) is 0 Å². The molecule has 0 bridgehead atoms. The first kappa shape index (κ1) is 21.3. The zero-order valence-electron chi connectivity index (χ0n) is 15.6. The Morgan fingerprint density at radius 3 is 2.48 bits per heavy atom. The summed E-state index contributed by atoms with van der Waals surface area (Å²) in [6.07, 6.45) is 6.71. The average Bonchev–Trinajstić information content (AvgIpc) is 3.14. The van der Waals surface area contributed by atoms with Gasteiger partial charge >= 0.3 is 0 Å². The number of anilines is 2. The van der Waals surface area contributed by atoms with Gasteiger partial charge in [0.2, 0.25) is 11.0 Å². The van der Waals surface area contributed by atoms with Crippen molar-refractivity contribution >= 4 is 38.1 Å². The van der Waals surface area contributed by atoms with Crippen molar-refractivity contribution in [3.8, 4) is 0 Å². The molecule has 1 atom stereocenters. The molecule has 2 N–H and O–H groups in total. The van der Waals surface area contributed by atoms with Crippen LogP contribution in [0.4, 0.5) is 10.8 Å². The Balaban J connectivity index is 1.86. The van der Waals surface area contributed by atoms with E-state index in [-0.39, 0.29) is 21.9 Å². The number of amides is 1. The summed E-state index contributed by atoms with van der Waals surface area (Å²) in [5, 5.41) is 10.3. The Morgan fingerprint density at radius 1 is 1.15 bits per heavy atom. The molecule has 2 aromatic rings. The number of carbonyl (C=O) groups excluding carboxylic acids is 1. The molecule has 0 aliphatic heterocycles. The molecule has 1 heterocycles. The van der Waals surface area contributed by atoms with Crippen molar-refractivity contribution < 1.29 is 13.2 Å². The first-order valence-electron chi connectivity index (χ1n) is 9.12. The number of hydrogen-bond acceptors (Lipinski definition) is 6. The molecule has 1 aromatic heterocycles. The van der Waals surface area contributed by atoms with E-state index in [9.17, 15) is 13.2 Å². The minimum absolute atomic E-state index is 0.0481. The monoisotopic (exact) mass is 410 g/mol. The van der Waals surface area contributed by atoms with E-state index < -0.39 is 10.0 Å². The fourth-order valence-corrected chi connectivity index (χ4v) is 4.25. The van der Waals surface area contributed by atoms with Gasteiger partial charge in [0.15, 0.2) is 0 Å². The predicted octanol–water partition coefficient (Wildman–Crippen LogP) is 4.27. The van der Waals surface area contributed by atoms with Crippen LogP contribution in [0.25, 0.3) is 0 Å². The Bertz CT molecular complexity index is 806. The van der Waals surface area contributed by atoms with Gasteiger partial charge in [-0.15, -0.1) is 10.2 Å². The Kier molecular flexibility index (Phi) is 8.18. The van der Waals surface area contributed by atoms with E-state index in [0.29, 0.717) is 5.69 Å². The van der Waals surface area contributed by atoms with Crippen molar-refractivity contribution in [3.63, 3.8) is 0 Å². The SMILES string of the molecule is CCCCCCCC(C)C(=O)Nc1ccc(S(=O)(=O)Nc2nncs2)cc1. The minimum Gasteiger partial charge on any atom is -0.326 e. The van der Waals surface area contributed by atoms with Gasteiger partial charge in [0.1, 0.15) is 5.51 Å². The van der Waals surface area contributed by atoms with E-state index in [1.807, 2.05) is 6.92 Å². The number of unbranched alkanes of at least 4 members (excludes halogenated alkanes) is 4. The summed E-state index contributed by atoms with van der Waals surface area (Å²) in [7, 11) is -3.72. The van der Waals surface area contributed by atoms with E-state index in [2.05, 4.69) is 27.2 Å². The summed E-state index contributed by atoms with van der Waals surface area (Å²) < 4.78 is 26.9. The molecular weight excluding hydrogens is 384 g/mol. The van der Waals surface area contributed by atoms with Crippen LogP contribution < -0.4 is 10.0 Å². The lowest BCUT2D eigenvalue weighted by Gasteiger charge is -2.12. The van der Waals surface area contributed by atoms with Crippen molar-refractivity contribution in [2.45, 2.75) is 57.3 Å². The molecule has 0 spiro atoms. The average molecular weight is 411 g/mol. The second-order valence-electron chi connectivity index (χ2n) is 6.47. The highest BCUT2D eigenvalue weighted by atomic mass is 32.2. The summed E-state index contributed by atoms with van der Waals surface area (Å²) in [5.74, 6) is -0.123. The van der Waals surface area contributed by atoms with E-state index in [0.717, 1.165) is 30.6 Å². The molecule has 9 heteroatoms. The third kappa shape index (κ3) is 6.91. The lowest BCUT2D eigenvalue weighted by Crippen LogP contribution is -2.20. The quantitative estimate of drug-likeness (QED) is 0.539. The molecular formula is C18H26N4O3S2. The number of rotatable bonds is 11. The summed E-state index contributed by atoms with van der Waals surface area (Å²) in [4.78, 5) is 12.4. The molecule has 1 unspecified atom stereocenters. The molecule has 2 rings (SSSR count). The smallest absolute Gasteiger partial charge is 0.263 e. The van der Waals surface area contributed by atoms with Gasteiger partial charge in [-0.3, -0.25) is 9.52 Å². The molecule has 148 valence electrons. The summed E-state index contributed by atoms with van der Waals surface area (Å²) in [6, 6.07) is 6.07. The Hall–Kier alpha value is -2.00. The molecule has 0 aliphatic rings. The predicted molar refractivity (Wildman–Crippen MR) is 108 cm³/mol. The van der Waals surface area contributed by atoms with Gasteiger partial charge in [0, 0.05) is 11.6 Å². The van der Waals surface area contributed by atoms with Crippen LogP contribution in [0.15, 0.2) is 34.7 Å². The fourth-order valence-electron chi connectivity index (χ4n) is 2.56. The molecule has 0 aliphatic carbocycles. The number of sulfonamides is 1. The van der Waals surface area contributed by atoms with Gasteiger partial charge in [0.25, 0.3) is 10.0 Å². The van der Waals surface area contributed by atoms with Crippen molar-refractivity contribution in [1.82, 2.24) is 10.2 Å². The van der Waals surface area contributed by atoms with Crippen molar-refractivity contribution in [2.75, 3.05) is 10.0 Å². The third-order valence-corrected chi connectivity index (χ3v) is 6.29. The summed E-state index contributed by atoms with van der Waals surface area (Å²) in [6.45, 7) is 4.10. The van der Waals surface area contributed by atoms with E-state index >= 15 is 0 Å². The molecule has 0 saturated heterocycles. The highest BCUT2D eigenvalue weighted by Crippen LogP contribution is 2.20. The highest BCUT2D eigenvalue weighted by molar-refractivity contribution is 7.93. The van der Waals surface area contributed by atoms with Crippen molar-refractivity contribution in [3.05, 3.63) is 29.8 Å². The molecule has 27 heavy (non-hydrogen) atoms. The topological polar surface area (TPSA) is 101 Å².